The van der Waals surface area contributed by atoms with Crippen LogP contribution in [0.2, 0.25) is 5.02 Å². The third kappa shape index (κ3) is 3.06. The highest BCUT2D eigenvalue weighted by Gasteiger charge is 2.66. The second-order valence-electron chi connectivity index (χ2n) is 9.72. The van der Waals surface area contributed by atoms with Crippen LogP contribution in [0.3, 0.4) is 0 Å². The van der Waals surface area contributed by atoms with E-state index in [0.29, 0.717) is 36.3 Å². The van der Waals surface area contributed by atoms with Gasteiger partial charge in [-0.05, 0) is 78.3 Å². The van der Waals surface area contributed by atoms with Crippen LogP contribution in [-0.4, -0.2) is 22.3 Å². The molecule has 4 nitrogen and oxygen atoms in total. The van der Waals surface area contributed by atoms with Gasteiger partial charge in [0.15, 0.2) is 0 Å². The third-order valence-corrected chi connectivity index (χ3v) is 8.38. The molecule has 8 atom stereocenters. The largest absolute Gasteiger partial charge is 0.388 e. The van der Waals surface area contributed by atoms with E-state index >= 15 is 0 Å². The zero-order chi connectivity index (χ0) is 22.1. The van der Waals surface area contributed by atoms with E-state index < -0.39 is 18.1 Å². The van der Waals surface area contributed by atoms with Crippen LogP contribution in [0, 0.1) is 41.3 Å². The van der Waals surface area contributed by atoms with E-state index in [1.165, 1.54) is 12.5 Å². The number of carbonyl (C=O) groups excluding carboxylic acids is 1. The number of carbonyl (C=O) groups is 1. The van der Waals surface area contributed by atoms with Crippen molar-refractivity contribution in [2.75, 3.05) is 4.90 Å². The fourth-order valence-corrected chi connectivity index (χ4v) is 6.64. The standard InChI is InChI=1S/C26H25ClFNO3/c27-20-11-13(1-9-21(20)28)2-10-22(30)14-3-5-15(6-4-14)29-25(31)23-16-7-8-17(19-12-18(16)19)24(23)26(29)32/h1,3-9,11,16-19,22-25,30-31H,2,10,12H2. The van der Waals surface area contributed by atoms with Gasteiger partial charge in [-0.25, -0.2) is 4.39 Å². The molecule has 0 radical (unpaired) electrons. The van der Waals surface area contributed by atoms with Gasteiger partial charge in [0.25, 0.3) is 0 Å². The molecule has 166 valence electrons. The van der Waals surface area contributed by atoms with Crippen molar-refractivity contribution in [1.82, 2.24) is 0 Å². The van der Waals surface area contributed by atoms with Gasteiger partial charge in [0.05, 0.1) is 17.0 Å². The smallest absolute Gasteiger partial charge is 0.233 e. The molecule has 1 heterocycles. The molecule has 2 N–H and O–H groups in total. The average Bonchev–Trinajstić information content (AvgIpc) is 3.58. The van der Waals surface area contributed by atoms with E-state index in [9.17, 15) is 19.4 Å². The molecular weight excluding hydrogens is 429 g/mol. The van der Waals surface area contributed by atoms with E-state index in [1.54, 1.807) is 17.0 Å². The fraction of sp³-hybridized carbons (Fsp3) is 0.423. The summed E-state index contributed by atoms with van der Waals surface area (Å²) in [4.78, 5) is 14.8. The number of nitrogens with zero attached hydrogens (tertiary/aromatic N) is 1. The zero-order valence-electron chi connectivity index (χ0n) is 17.4. The van der Waals surface area contributed by atoms with Gasteiger partial charge in [-0.15, -0.1) is 0 Å². The van der Waals surface area contributed by atoms with Crippen molar-refractivity contribution in [3.63, 3.8) is 0 Å². The Labute approximate surface area is 191 Å². The van der Waals surface area contributed by atoms with E-state index in [4.69, 9.17) is 11.6 Å². The van der Waals surface area contributed by atoms with Crippen molar-refractivity contribution in [3.05, 3.63) is 76.6 Å². The van der Waals surface area contributed by atoms with Crippen LogP contribution in [0.5, 0.6) is 0 Å². The highest BCUT2D eigenvalue weighted by atomic mass is 35.5. The first kappa shape index (κ1) is 20.4. The molecule has 2 bridgehead atoms. The Kier molecular flexibility index (Phi) is 4.72. The van der Waals surface area contributed by atoms with Gasteiger partial charge in [0.1, 0.15) is 12.0 Å². The SMILES string of the molecule is O=C1C2C3C=CC(C4CC34)C2C(O)N1c1ccc(C(O)CCc2ccc(F)c(Cl)c2)cc1. The highest BCUT2D eigenvalue weighted by Crippen LogP contribution is 2.66. The predicted molar refractivity (Wildman–Crippen MR) is 119 cm³/mol. The van der Waals surface area contributed by atoms with Gasteiger partial charge in [-0.3, -0.25) is 9.69 Å². The molecule has 3 fully saturated rings. The maximum absolute atomic E-state index is 13.3. The molecule has 5 aliphatic rings. The second-order valence-corrected chi connectivity index (χ2v) is 10.1. The molecule has 7 rings (SSSR count). The minimum absolute atomic E-state index is 0.0194. The number of aryl methyl sites for hydroxylation is 1. The average molecular weight is 454 g/mol. The van der Waals surface area contributed by atoms with Crippen LogP contribution >= 0.6 is 11.6 Å². The van der Waals surface area contributed by atoms with Gasteiger partial charge in [-0.2, -0.15) is 0 Å². The van der Waals surface area contributed by atoms with E-state index in [2.05, 4.69) is 12.2 Å². The maximum Gasteiger partial charge on any atom is 0.233 e. The Morgan fingerprint density at radius 2 is 1.81 bits per heavy atom. The number of hydrogen-bond donors (Lipinski definition) is 2. The molecule has 2 aromatic carbocycles. The van der Waals surface area contributed by atoms with Crippen LogP contribution in [-0.2, 0) is 11.2 Å². The molecule has 6 heteroatoms. The second kappa shape index (κ2) is 7.41. The molecule has 8 unspecified atom stereocenters. The van der Waals surface area contributed by atoms with Gasteiger partial charge in [0.2, 0.25) is 5.91 Å². The van der Waals surface area contributed by atoms with Crippen molar-refractivity contribution < 1.29 is 19.4 Å². The first-order chi connectivity index (χ1) is 15.4. The molecule has 2 saturated carbocycles. The normalized spacial score (nSPS) is 35.1. The van der Waals surface area contributed by atoms with Crippen LogP contribution < -0.4 is 4.90 Å². The molecule has 1 aliphatic heterocycles. The van der Waals surface area contributed by atoms with Gasteiger partial charge in [-0.1, -0.05) is 42.0 Å². The number of anilines is 1. The summed E-state index contributed by atoms with van der Waals surface area (Å²) in [6.07, 6.45) is 5.16. The highest BCUT2D eigenvalue weighted by molar-refractivity contribution is 6.30. The Morgan fingerprint density at radius 1 is 1.09 bits per heavy atom. The molecule has 32 heavy (non-hydrogen) atoms. The Balaban J connectivity index is 1.16. The van der Waals surface area contributed by atoms with Crippen LogP contribution in [0.4, 0.5) is 10.1 Å². The lowest BCUT2D eigenvalue weighted by Crippen LogP contribution is -2.41. The minimum Gasteiger partial charge on any atom is -0.388 e. The van der Waals surface area contributed by atoms with Gasteiger partial charge >= 0.3 is 0 Å². The first-order valence-electron chi connectivity index (χ1n) is 11.4. The van der Waals surface area contributed by atoms with Crippen molar-refractivity contribution in [2.24, 2.45) is 35.5 Å². The fourth-order valence-electron chi connectivity index (χ4n) is 6.44. The predicted octanol–water partition coefficient (Wildman–Crippen LogP) is 4.49. The molecule has 0 spiro atoms. The Bertz CT molecular complexity index is 1100. The summed E-state index contributed by atoms with van der Waals surface area (Å²) >= 11 is 5.83. The number of hydrogen-bond acceptors (Lipinski definition) is 3. The minimum atomic E-state index is -0.800. The number of halogens is 2. The van der Waals surface area contributed by atoms with Crippen molar-refractivity contribution in [3.8, 4) is 0 Å². The lowest BCUT2D eigenvalue weighted by atomic mass is 9.63. The molecule has 4 aliphatic carbocycles. The molecule has 1 saturated heterocycles. The summed E-state index contributed by atoms with van der Waals surface area (Å²) in [7, 11) is 0. The van der Waals surface area contributed by atoms with Crippen molar-refractivity contribution in [2.45, 2.75) is 31.6 Å². The van der Waals surface area contributed by atoms with Gasteiger partial charge in [0, 0.05) is 11.6 Å². The number of aliphatic hydroxyl groups excluding tert-OH is 2. The van der Waals surface area contributed by atoms with Crippen LogP contribution in [0.15, 0.2) is 54.6 Å². The number of aliphatic hydroxyl groups is 2. The van der Waals surface area contributed by atoms with E-state index in [0.717, 1.165) is 11.1 Å². The summed E-state index contributed by atoms with van der Waals surface area (Å²) in [5.74, 6) is 1.27. The molecular formula is C26H25ClFNO3. The summed E-state index contributed by atoms with van der Waals surface area (Å²) < 4.78 is 13.3. The van der Waals surface area contributed by atoms with Crippen LogP contribution in [0.1, 0.15) is 30.1 Å². The van der Waals surface area contributed by atoms with E-state index in [1.807, 2.05) is 24.3 Å². The van der Waals surface area contributed by atoms with Crippen LogP contribution in [0.25, 0.3) is 0 Å². The monoisotopic (exact) mass is 453 g/mol. The Morgan fingerprint density at radius 3 is 2.56 bits per heavy atom. The van der Waals surface area contributed by atoms with Gasteiger partial charge < -0.3 is 10.2 Å². The quantitative estimate of drug-likeness (QED) is 0.655. The maximum atomic E-state index is 13.3. The lowest BCUT2D eigenvalue weighted by Gasteiger charge is -2.40. The summed E-state index contributed by atoms with van der Waals surface area (Å²) in [5, 5.41) is 21.8. The van der Waals surface area contributed by atoms with E-state index in [-0.39, 0.29) is 28.7 Å². The summed E-state index contributed by atoms with van der Waals surface area (Å²) in [6, 6.07) is 11.8. The number of amides is 1. The lowest BCUT2D eigenvalue weighted by molar-refractivity contribution is -0.123. The Hall–Kier alpha value is -2.21. The van der Waals surface area contributed by atoms with Crippen molar-refractivity contribution >= 4 is 23.2 Å². The topological polar surface area (TPSA) is 60.8 Å². The molecule has 0 aromatic heterocycles. The summed E-state index contributed by atoms with van der Waals surface area (Å²) in [6.45, 7) is 0. The molecule has 1 amide bonds. The number of allylic oxidation sites excluding steroid dienone is 2. The third-order valence-electron chi connectivity index (χ3n) is 8.09. The van der Waals surface area contributed by atoms with Crippen molar-refractivity contribution in [1.29, 1.82) is 0 Å². The summed E-state index contributed by atoms with van der Waals surface area (Å²) in [5.41, 5.74) is 2.27. The molecule has 2 aromatic rings. The number of rotatable bonds is 5. The first-order valence-corrected chi connectivity index (χ1v) is 11.7. The number of benzene rings is 2. The zero-order valence-corrected chi connectivity index (χ0v) is 18.2.